The van der Waals surface area contributed by atoms with E-state index in [9.17, 15) is 4.79 Å². The van der Waals surface area contributed by atoms with Gasteiger partial charge >= 0.3 is 13.2 Å². The number of hydrogen-bond acceptors (Lipinski definition) is 6. The highest BCUT2D eigenvalue weighted by molar-refractivity contribution is 6.48. The predicted octanol–water partition coefficient (Wildman–Crippen LogP) is 3.01. The van der Waals surface area contributed by atoms with Crippen molar-refractivity contribution in [1.29, 1.82) is 0 Å². The fourth-order valence-electron chi connectivity index (χ4n) is 2.79. The van der Waals surface area contributed by atoms with Crippen molar-refractivity contribution in [2.45, 2.75) is 71.2 Å². The maximum atomic E-state index is 12.6. The minimum absolute atomic E-state index is 0.350. The molecular formula is C17H26BN3O4. The largest absolute Gasteiger partial charge is 0.482 e. The van der Waals surface area contributed by atoms with Gasteiger partial charge in [-0.1, -0.05) is 6.07 Å². The fraction of sp³-hybridized carbons (Fsp3) is 0.647. The Bertz CT molecular complexity index is 671. The maximum absolute atomic E-state index is 12.6. The van der Waals surface area contributed by atoms with Gasteiger partial charge in [-0.15, -0.1) is 0 Å². The van der Waals surface area contributed by atoms with E-state index in [2.05, 4.69) is 10.4 Å². The number of pyridine rings is 1. The van der Waals surface area contributed by atoms with Gasteiger partial charge < -0.3 is 14.0 Å². The number of ether oxygens (including phenoxy) is 1. The monoisotopic (exact) mass is 347 g/mol. The molecule has 1 aromatic rings. The van der Waals surface area contributed by atoms with E-state index in [1.165, 1.54) is 5.01 Å². The highest BCUT2D eigenvalue weighted by atomic mass is 16.7. The Kier molecular flexibility index (Phi) is 4.13. The number of anilines is 1. The van der Waals surface area contributed by atoms with E-state index >= 15 is 0 Å². The molecule has 1 unspecified atom stereocenters. The molecule has 25 heavy (non-hydrogen) atoms. The summed E-state index contributed by atoms with van der Waals surface area (Å²) in [5, 5.41) is 1.33. The first-order valence-electron chi connectivity index (χ1n) is 8.51. The molecule has 2 aliphatic rings. The van der Waals surface area contributed by atoms with Crippen molar-refractivity contribution in [1.82, 2.24) is 10.4 Å². The topological polar surface area (TPSA) is 72.9 Å². The Labute approximate surface area is 149 Å². The standard InChI is InChI=1S/C17H26BN3O4/c1-15(2,3)23-14(22)21-13-11(9-8-10-19-13)12(20-21)18-24-16(4,5)17(6,7)25-18/h8-10,12,20H,1-7H3. The highest BCUT2D eigenvalue weighted by Crippen LogP contribution is 2.43. The second-order valence-corrected chi connectivity index (χ2v) is 8.46. The number of nitrogens with one attached hydrogen (secondary N) is 1. The molecule has 136 valence electrons. The average Bonchev–Trinajstić information content (AvgIpc) is 2.92. The number of carbonyl (C=O) groups is 1. The first-order valence-corrected chi connectivity index (χ1v) is 8.51. The molecule has 0 aromatic carbocycles. The molecule has 0 bridgehead atoms. The molecule has 1 N–H and O–H groups in total. The van der Waals surface area contributed by atoms with Crippen molar-refractivity contribution >= 4 is 19.0 Å². The summed E-state index contributed by atoms with van der Waals surface area (Å²) in [4.78, 5) is 16.9. The Morgan fingerprint density at radius 2 is 1.88 bits per heavy atom. The van der Waals surface area contributed by atoms with Gasteiger partial charge in [-0.2, -0.15) is 5.01 Å². The summed E-state index contributed by atoms with van der Waals surface area (Å²) in [5.74, 6) is 0.161. The lowest BCUT2D eigenvalue weighted by molar-refractivity contribution is 0.00578. The SMILES string of the molecule is CC(C)(C)OC(=O)N1NC(B2OC(C)(C)C(C)(C)O2)c2cccnc21. The van der Waals surface area contributed by atoms with Crippen LogP contribution in [0.3, 0.4) is 0 Å². The smallest absolute Gasteiger partial charge is 0.442 e. The van der Waals surface area contributed by atoms with E-state index in [4.69, 9.17) is 14.0 Å². The molecule has 0 saturated carbocycles. The van der Waals surface area contributed by atoms with Crippen molar-refractivity contribution in [3.05, 3.63) is 23.9 Å². The number of aromatic nitrogens is 1. The average molecular weight is 347 g/mol. The van der Waals surface area contributed by atoms with Crippen LogP contribution in [0.25, 0.3) is 0 Å². The van der Waals surface area contributed by atoms with Crippen LogP contribution in [0.15, 0.2) is 18.3 Å². The van der Waals surface area contributed by atoms with Crippen molar-refractivity contribution in [2.75, 3.05) is 5.01 Å². The normalized spacial score (nSPS) is 24.4. The van der Waals surface area contributed by atoms with Gasteiger partial charge in [0.1, 0.15) is 5.60 Å². The van der Waals surface area contributed by atoms with Crippen LogP contribution in [0.2, 0.25) is 0 Å². The molecular weight excluding hydrogens is 321 g/mol. The summed E-state index contributed by atoms with van der Waals surface area (Å²) in [6, 6.07) is 3.74. The Morgan fingerprint density at radius 3 is 2.44 bits per heavy atom. The highest BCUT2D eigenvalue weighted by Gasteiger charge is 2.56. The van der Waals surface area contributed by atoms with Gasteiger partial charge in [0, 0.05) is 11.8 Å². The van der Waals surface area contributed by atoms with E-state index < -0.39 is 30.0 Å². The lowest BCUT2D eigenvalue weighted by atomic mass is 9.75. The van der Waals surface area contributed by atoms with Crippen LogP contribution in [-0.2, 0) is 14.0 Å². The van der Waals surface area contributed by atoms with E-state index in [0.717, 1.165) is 5.56 Å². The van der Waals surface area contributed by atoms with Crippen LogP contribution in [0.1, 0.15) is 60.0 Å². The van der Waals surface area contributed by atoms with Crippen LogP contribution in [-0.4, -0.2) is 35.0 Å². The molecule has 1 aromatic heterocycles. The van der Waals surface area contributed by atoms with Crippen LogP contribution >= 0.6 is 0 Å². The molecule has 7 nitrogen and oxygen atoms in total. The molecule has 1 amide bonds. The molecule has 3 heterocycles. The number of nitrogens with zero attached hydrogens (tertiary/aromatic N) is 2. The molecule has 1 fully saturated rings. The summed E-state index contributed by atoms with van der Waals surface area (Å²) < 4.78 is 17.8. The number of hydrogen-bond donors (Lipinski definition) is 1. The molecule has 8 heteroatoms. The van der Waals surface area contributed by atoms with Crippen LogP contribution < -0.4 is 10.4 Å². The van der Waals surface area contributed by atoms with Crippen molar-refractivity contribution in [3.63, 3.8) is 0 Å². The summed E-state index contributed by atoms with van der Waals surface area (Å²) >= 11 is 0. The zero-order valence-electron chi connectivity index (χ0n) is 15.9. The summed E-state index contributed by atoms with van der Waals surface area (Å²) in [7, 11) is -0.541. The van der Waals surface area contributed by atoms with E-state index in [-0.39, 0.29) is 5.94 Å². The number of hydrazine groups is 1. The molecule has 1 atom stereocenters. The van der Waals surface area contributed by atoms with E-state index in [1.807, 2.05) is 60.6 Å². The number of rotatable bonds is 1. The lowest BCUT2D eigenvalue weighted by Crippen LogP contribution is -2.47. The second kappa shape index (κ2) is 5.69. The molecule has 3 rings (SSSR count). The van der Waals surface area contributed by atoms with Gasteiger partial charge in [-0.3, -0.25) is 0 Å². The number of carbonyl (C=O) groups excluding carboxylic acids is 1. The van der Waals surface area contributed by atoms with Crippen molar-refractivity contribution in [2.24, 2.45) is 0 Å². The minimum Gasteiger partial charge on any atom is -0.442 e. The summed E-state index contributed by atoms with van der Waals surface area (Å²) in [5.41, 5.74) is 2.47. The zero-order chi connectivity index (χ0) is 18.6. The lowest BCUT2D eigenvalue weighted by Gasteiger charge is -2.32. The van der Waals surface area contributed by atoms with Crippen molar-refractivity contribution in [3.8, 4) is 0 Å². The number of fused-ring (bicyclic) bond motifs is 1. The Balaban J connectivity index is 1.88. The van der Waals surface area contributed by atoms with Gasteiger partial charge in [0.2, 0.25) is 0 Å². The molecule has 1 saturated heterocycles. The molecule has 0 aliphatic carbocycles. The van der Waals surface area contributed by atoms with Crippen molar-refractivity contribution < 1.29 is 18.8 Å². The van der Waals surface area contributed by atoms with Gasteiger partial charge in [0.15, 0.2) is 5.82 Å². The third-order valence-electron chi connectivity index (χ3n) is 4.75. The molecule has 2 aliphatic heterocycles. The summed E-state index contributed by atoms with van der Waals surface area (Å²) in [6.07, 6.45) is 1.14. The van der Waals surface area contributed by atoms with Gasteiger partial charge in [-0.25, -0.2) is 15.2 Å². The second-order valence-electron chi connectivity index (χ2n) is 8.46. The van der Waals surface area contributed by atoms with E-state index in [0.29, 0.717) is 5.82 Å². The zero-order valence-corrected chi connectivity index (χ0v) is 15.9. The number of amides is 1. The third kappa shape index (κ3) is 3.26. The first-order chi connectivity index (χ1) is 11.4. The first kappa shape index (κ1) is 18.2. The Morgan fingerprint density at radius 1 is 1.28 bits per heavy atom. The maximum Gasteiger partial charge on any atom is 0.482 e. The van der Waals surface area contributed by atoms with Crippen LogP contribution in [0, 0.1) is 0 Å². The summed E-state index contributed by atoms with van der Waals surface area (Å²) in [6.45, 7) is 13.5. The predicted molar refractivity (Wildman–Crippen MR) is 94.9 cm³/mol. The fourth-order valence-corrected chi connectivity index (χ4v) is 2.79. The van der Waals surface area contributed by atoms with Crippen LogP contribution in [0.5, 0.6) is 0 Å². The quantitative estimate of drug-likeness (QED) is 0.788. The Hall–Kier alpha value is -1.64. The molecule has 0 spiro atoms. The third-order valence-corrected chi connectivity index (χ3v) is 4.75. The van der Waals surface area contributed by atoms with Crippen LogP contribution in [0.4, 0.5) is 10.6 Å². The van der Waals surface area contributed by atoms with Gasteiger partial charge in [0.25, 0.3) is 0 Å². The van der Waals surface area contributed by atoms with E-state index in [1.54, 1.807) is 6.20 Å². The van der Waals surface area contributed by atoms with Gasteiger partial charge in [0.05, 0.1) is 17.1 Å². The molecule has 0 radical (unpaired) electrons. The minimum atomic E-state index is -0.601. The van der Waals surface area contributed by atoms with Gasteiger partial charge in [-0.05, 0) is 54.5 Å².